The number of hydrogen-bond acceptors (Lipinski definition) is 4. The highest BCUT2D eigenvalue weighted by Gasteiger charge is 2.17. The number of carbonyl (C=O) groups is 2. The van der Waals surface area contributed by atoms with Gasteiger partial charge in [-0.25, -0.2) is 13.8 Å². The molecule has 1 heterocycles. The second-order valence-corrected chi connectivity index (χ2v) is 8.73. The number of carbonyl (C=O) groups excluding carboxylic acids is 2. The summed E-state index contributed by atoms with van der Waals surface area (Å²) in [4.78, 5) is 51.6. The van der Waals surface area contributed by atoms with Crippen molar-refractivity contribution in [2.75, 3.05) is 11.9 Å². The largest absolute Gasteiger partial charge is 0.356 e. The highest BCUT2D eigenvalue weighted by atomic mass is 19.1. The van der Waals surface area contributed by atoms with Crippen molar-refractivity contribution < 1.29 is 14.0 Å². The molecular weight excluding hydrogens is 475 g/mol. The first-order chi connectivity index (χ1) is 17.8. The number of aryl methyl sites for hydroxylation is 1. The maximum atomic E-state index is 13.9. The van der Waals surface area contributed by atoms with Crippen LogP contribution in [0.4, 0.5) is 10.1 Å². The maximum absolute atomic E-state index is 13.9. The van der Waals surface area contributed by atoms with Crippen molar-refractivity contribution in [1.82, 2.24) is 14.5 Å². The van der Waals surface area contributed by atoms with Crippen LogP contribution < -0.4 is 21.9 Å². The van der Waals surface area contributed by atoms with E-state index >= 15 is 0 Å². The Morgan fingerprint density at radius 1 is 0.946 bits per heavy atom. The van der Waals surface area contributed by atoms with Crippen molar-refractivity contribution in [3.05, 3.63) is 105 Å². The summed E-state index contributed by atoms with van der Waals surface area (Å²) in [5.41, 5.74) is 0.846. The van der Waals surface area contributed by atoms with E-state index in [0.29, 0.717) is 23.3 Å². The molecule has 8 nitrogen and oxygen atoms in total. The van der Waals surface area contributed by atoms with Gasteiger partial charge in [0.1, 0.15) is 12.4 Å². The van der Waals surface area contributed by atoms with Crippen LogP contribution in [0, 0.1) is 12.7 Å². The smallest absolute Gasteiger partial charge is 0.336 e. The van der Waals surface area contributed by atoms with Gasteiger partial charge in [0.15, 0.2) is 0 Å². The molecule has 0 fully saturated rings. The van der Waals surface area contributed by atoms with E-state index in [1.54, 1.807) is 67.6 Å². The quantitative estimate of drug-likeness (QED) is 0.386. The summed E-state index contributed by atoms with van der Waals surface area (Å²) in [6.45, 7) is 3.79. The van der Waals surface area contributed by atoms with Crippen LogP contribution in [0.2, 0.25) is 0 Å². The Morgan fingerprint density at radius 3 is 2.38 bits per heavy atom. The number of halogens is 1. The zero-order chi connectivity index (χ0) is 26.5. The fourth-order valence-corrected chi connectivity index (χ4v) is 3.99. The minimum absolute atomic E-state index is 0.112. The van der Waals surface area contributed by atoms with E-state index in [4.69, 9.17) is 0 Å². The van der Waals surface area contributed by atoms with E-state index in [-0.39, 0.29) is 29.9 Å². The number of nitrogens with zero attached hydrogens (tertiary/aromatic N) is 2. The van der Waals surface area contributed by atoms with E-state index < -0.39 is 23.0 Å². The molecule has 0 unspecified atom stereocenters. The number of fused-ring (bicyclic) bond motifs is 1. The van der Waals surface area contributed by atoms with E-state index in [2.05, 4.69) is 10.6 Å². The molecule has 4 aromatic rings. The third-order valence-electron chi connectivity index (χ3n) is 5.94. The van der Waals surface area contributed by atoms with Crippen LogP contribution in [-0.2, 0) is 22.6 Å². The highest BCUT2D eigenvalue weighted by Crippen LogP contribution is 2.15. The van der Waals surface area contributed by atoms with Gasteiger partial charge in [0, 0.05) is 12.2 Å². The Balaban J connectivity index is 1.69. The van der Waals surface area contributed by atoms with E-state index in [1.165, 1.54) is 10.6 Å². The van der Waals surface area contributed by atoms with Crippen LogP contribution in [0.5, 0.6) is 0 Å². The highest BCUT2D eigenvalue weighted by molar-refractivity contribution is 5.91. The summed E-state index contributed by atoms with van der Waals surface area (Å²) in [6.07, 6.45) is 1.01. The van der Waals surface area contributed by atoms with Crippen LogP contribution in [-0.4, -0.2) is 27.5 Å². The molecule has 0 spiro atoms. The van der Waals surface area contributed by atoms with Gasteiger partial charge in [-0.1, -0.05) is 37.3 Å². The van der Waals surface area contributed by atoms with Gasteiger partial charge in [-0.05, 0) is 60.9 Å². The first-order valence-corrected chi connectivity index (χ1v) is 11.9. The molecule has 0 saturated heterocycles. The lowest BCUT2D eigenvalue weighted by Gasteiger charge is -2.15. The molecule has 0 atom stereocenters. The molecule has 1 aromatic heterocycles. The Labute approximate surface area is 212 Å². The topological polar surface area (TPSA) is 102 Å². The molecule has 2 N–H and O–H groups in total. The van der Waals surface area contributed by atoms with Crippen molar-refractivity contribution in [3.63, 3.8) is 0 Å². The summed E-state index contributed by atoms with van der Waals surface area (Å²) in [7, 11) is 0. The predicted octanol–water partition coefficient (Wildman–Crippen LogP) is 3.31. The van der Waals surface area contributed by atoms with E-state index in [0.717, 1.165) is 16.6 Å². The van der Waals surface area contributed by atoms with Crippen molar-refractivity contribution in [2.24, 2.45) is 0 Å². The van der Waals surface area contributed by atoms with Crippen molar-refractivity contribution >= 4 is 28.4 Å². The van der Waals surface area contributed by atoms with Gasteiger partial charge in [0.2, 0.25) is 11.8 Å². The van der Waals surface area contributed by atoms with Crippen LogP contribution in [0.15, 0.2) is 76.3 Å². The van der Waals surface area contributed by atoms with Crippen LogP contribution in [0.25, 0.3) is 16.6 Å². The second-order valence-electron chi connectivity index (χ2n) is 8.73. The molecule has 37 heavy (non-hydrogen) atoms. The molecule has 3 aromatic carbocycles. The minimum atomic E-state index is -0.692. The van der Waals surface area contributed by atoms with Crippen molar-refractivity contribution in [1.29, 1.82) is 0 Å². The molecule has 0 aliphatic heterocycles. The normalized spacial score (nSPS) is 10.9. The van der Waals surface area contributed by atoms with Gasteiger partial charge < -0.3 is 10.6 Å². The summed E-state index contributed by atoms with van der Waals surface area (Å²) >= 11 is 0. The third-order valence-corrected chi connectivity index (χ3v) is 5.94. The molecule has 0 aliphatic rings. The van der Waals surface area contributed by atoms with Gasteiger partial charge in [-0.15, -0.1) is 0 Å². The Kier molecular flexibility index (Phi) is 7.62. The molecule has 0 aliphatic carbocycles. The monoisotopic (exact) mass is 502 g/mol. The number of nitrogens with one attached hydrogen (secondary N) is 2. The summed E-state index contributed by atoms with van der Waals surface area (Å²) in [5, 5.41) is 5.67. The number of hydrogen-bond donors (Lipinski definition) is 2. The lowest BCUT2D eigenvalue weighted by Crippen LogP contribution is -2.40. The predicted molar refractivity (Wildman–Crippen MR) is 141 cm³/mol. The standard InChI is InChI=1S/C28H27FN4O4/c1-3-14-30-25(34)15-19-9-12-21(13-10-19)33-27(36)22-6-4-5-7-24(22)32(28(33)37)17-26(35)31-20-11-8-18(2)23(29)16-20/h4-13,16H,3,14-15,17H2,1-2H3,(H,30,34)(H,31,35). The number of rotatable bonds is 8. The van der Waals surface area contributed by atoms with Gasteiger partial charge in [0.25, 0.3) is 5.56 Å². The fraction of sp³-hybridized carbons (Fsp3) is 0.214. The van der Waals surface area contributed by atoms with Gasteiger partial charge in [-0.2, -0.15) is 0 Å². The molecule has 2 amide bonds. The summed E-state index contributed by atoms with van der Waals surface area (Å²) < 4.78 is 16.1. The van der Waals surface area contributed by atoms with E-state index in [9.17, 15) is 23.6 Å². The second kappa shape index (κ2) is 11.0. The van der Waals surface area contributed by atoms with E-state index in [1.807, 2.05) is 6.92 Å². The van der Waals surface area contributed by atoms with Crippen LogP contribution in [0.3, 0.4) is 0 Å². The average molecular weight is 503 g/mol. The van der Waals surface area contributed by atoms with Gasteiger partial charge >= 0.3 is 5.69 Å². The number of aromatic nitrogens is 2. The molecule has 0 saturated carbocycles. The zero-order valence-corrected chi connectivity index (χ0v) is 20.6. The van der Waals surface area contributed by atoms with Crippen LogP contribution >= 0.6 is 0 Å². The first kappa shape index (κ1) is 25.6. The number of anilines is 1. The van der Waals surface area contributed by atoms with Gasteiger partial charge in [0.05, 0.1) is 23.0 Å². The molecule has 190 valence electrons. The molecule has 0 bridgehead atoms. The Bertz CT molecular complexity index is 1590. The van der Waals surface area contributed by atoms with Crippen molar-refractivity contribution in [3.8, 4) is 5.69 Å². The maximum Gasteiger partial charge on any atom is 0.336 e. The zero-order valence-electron chi connectivity index (χ0n) is 20.6. The molecular formula is C28H27FN4O4. The average Bonchev–Trinajstić information content (AvgIpc) is 2.88. The Morgan fingerprint density at radius 2 is 1.68 bits per heavy atom. The lowest BCUT2D eigenvalue weighted by molar-refractivity contribution is -0.120. The summed E-state index contributed by atoms with van der Waals surface area (Å²) in [5.74, 6) is -1.12. The first-order valence-electron chi connectivity index (χ1n) is 11.9. The molecule has 9 heteroatoms. The fourth-order valence-electron chi connectivity index (χ4n) is 3.99. The number of amides is 2. The number of benzene rings is 3. The minimum Gasteiger partial charge on any atom is -0.356 e. The number of para-hydroxylation sites is 1. The third kappa shape index (κ3) is 5.66. The Hall–Kier alpha value is -4.53. The lowest BCUT2D eigenvalue weighted by atomic mass is 10.1. The van der Waals surface area contributed by atoms with Crippen LogP contribution in [0.1, 0.15) is 24.5 Å². The summed E-state index contributed by atoms with van der Waals surface area (Å²) in [6, 6.07) is 17.4. The SMILES string of the molecule is CCCNC(=O)Cc1ccc(-n2c(=O)c3ccccc3n(CC(=O)Nc3ccc(C)c(F)c3)c2=O)cc1. The van der Waals surface area contributed by atoms with Crippen molar-refractivity contribution in [2.45, 2.75) is 33.2 Å². The molecule has 0 radical (unpaired) electrons. The van der Waals surface area contributed by atoms with Gasteiger partial charge in [-0.3, -0.25) is 19.0 Å². The molecule has 4 rings (SSSR count).